The first kappa shape index (κ1) is 15.3. The molecule has 0 aliphatic rings. The zero-order valence-corrected chi connectivity index (χ0v) is 12.7. The van der Waals surface area contributed by atoms with Gasteiger partial charge in [0, 0.05) is 12.5 Å². The van der Waals surface area contributed by atoms with Crippen LogP contribution in [0.25, 0.3) is 10.6 Å². The van der Waals surface area contributed by atoms with Gasteiger partial charge in [-0.15, -0.1) is 11.3 Å². The van der Waals surface area contributed by atoms with E-state index in [1.807, 2.05) is 0 Å². The molecule has 1 heterocycles. The van der Waals surface area contributed by atoms with E-state index < -0.39 is 11.8 Å². The van der Waals surface area contributed by atoms with Crippen molar-refractivity contribution in [1.82, 2.24) is 4.98 Å². The molecule has 0 aliphatic heterocycles. The molecule has 0 bridgehead atoms. The summed E-state index contributed by atoms with van der Waals surface area (Å²) in [4.78, 5) is 27.8. The lowest BCUT2D eigenvalue weighted by atomic mass is 10.1. The van der Waals surface area contributed by atoms with Crippen molar-refractivity contribution in [2.24, 2.45) is 0 Å². The fraction of sp³-hybridized carbons (Fsp3) is 0.267. The van der Waals surface area contributed by atoms with E-state index in [9.17, 15) is 14.0 Å². The first-order valence-electron chi connectivity index (χ1n) is 6.40. The Morgan fingerprint density at radius 2 is 2.10 bits per heavy atom. The van der Waals surface area contributed by atoms with E-state index >= 15 is 0 Å². The van der Waals surface area contributed by atoms with E-state index in [1.54, 1.807) is 32.0 Å². The van der Waals surface area contributed by atoms with Crippen molar-refractivity contribution < 1.29 is 18.7 Å². The van der Waals surface area contributed by atoms with Crippen molar-refractivity contribution in [3.8, 4) is 10.6 Å². The highest BCUT2D eigenvalue weighted by Gasteiger charge is 2.24. The number of carbonyl (C=O) groups excluding carboxylic acids is 2. The van der Waals surface area contributed by atoms with Gasteiger partial charge in [0.2, 0.25) is 0 Å². The van der Waals surface area contributed by atoms with Gasteiger partial charge in [-0.3, -0.25) is 4.79 Å². The fourth-order valence-electron chi connectivity index (χ4n) is 1.82. The molecule has 2 aromatic rings. The summed E-state index contributed by atoms with van der Waals surface area (Å²) in [6.45, 7) is 4.83. The number of esters is 1. The number of ketones is 1. The normalized spacial score (nSPS) is 10.5. The number of thiazole rings is 1. The second-order valence-electron chi connectivity index (χ2n) is 4.41. The molecule has 0 aliphatic carbocycles. The molecule has 0 amide bonds. The number of aryl methyl sites for hydroxylation is 1. The Bertz CT molecular complexity index is 709. The second kappa shape index (κ2) is 6.13. The summed E-state index contributed by atoms with van der Waals surface area (Å²) in [5.41, 5.74) is 0.702. The maximum atomic E-state index is 14.1. The van der Waals surface area contributed by atoms with Gasteiger partial charge in [0.15, 0.2) is 11.5 Å². The Kier molecular flexibility index (Phi) is 4.47. The molecule has 110 valence electrons. The number of hydrogen-bond acceptors (Lipinski definition) is 5. The van der Waals surface area contributed by atoms with E-state index in [2.05, 4.69) is 4.98 Å². The fourth-order valence-corrected chi connectivity index (χ4v) is 2.79. The molecule has 0 unspecified atom stereocenters. The molecule has 6 heteroatoms. The monoisotopic (exact) mass is 307 g/mol. The number of ether oxygens (including phenoxy) is 1. The molecule has 0 atom stereocenters. The van der Waals surface area contributed by atoms with Crippen molar-refractivity contribution in [2.75, 3.05) is 6.61 Å². The van der Waals surface area contributed by atoms with Crippen molar-refractivity contribution in [1.29, 1.82) is 0 Å². The summed E-state index contributed by atoms with van der Waals surface area (Å²) in [7, 11) is 0. The number of halogens is 1. The van der Waals surface area contributed by atoms with Gasteiger partial charge in [-0.05, 0) is 25.5 Å². The summed E-state index contributed by atoms with van der Waals surface area (Å²) in [5.74, 6) is -1.37. The quantitative estimate of drug-likeness (QED) is 0.639. The third-order valence-electron chi connectivity index (χ3n) is 2.84. The molecule has 4 nitrogen and oxygen atoms in total. The lowest BCUT2D eigenvalue weighted by Crippen LogP contribution is -2.09. The van der Waals surface area contributed by atoms with Crippen LogP contribution >= 0.6 is 11.3 Å². The predicted octanol–water partition coefficient (Wildman–Crippen LogP) is 3.64. The van der Waals surface area contributed by atoms with E-state index in [-0.39, 0.29) is 28.5 Å². The molecule has 1 aromatic heterocycles. The Morgan fingerprint density at radius 1 is 1.38 bits per heavy atom. The largest absolute Gasteiger partial charge is 0.461 e. The van der Waals surface area contributed by atoms with Crippen LogP contribution in [0.3, 0.4) is 0 Å². The maximum Gasteiger partial charge on any atom is 0.358 e. The van der Waals surface area contributed by atoms with Crippen LogP contribution in [0.1, 0.15) is 39.6 Å². The van der Waals surface area contributed by atoms with Crippen LogP contribution in [0.4, 0.5) is 4.39 Å². The van der Waals surface area contributed by atoms with Crippen LogP contribution in [0.15, 0.2) is 18.2 Å². The van der Waals surface area contributed by atoms with Gasteiger partial charge < -0.3 is 4.74 Å². The minimum Gasteiger partial charge on any atom is -0.461 e. The van der Waals surface area contributed by atoms with Gasteiger partial charge in [-0.25, -0.2) is 14.2 Å². The molecule has 0 saturated carbocycles. The SMILES string of the molecule is CCOC(=O)c1nc(-c2cccc(C)c2F)sc1C(C)=O. The molecule has 0 N–H and O–H groups in total. The zero-order valence-electron chi connectivity index (χ0n) is 11.9. The first-order chi connectivity index (χ1) is 9.95. The Hall–Kier alpha value is -2.08. The van der Waals surface area contributed by atoms with Crippen LogP contribution in [0, 0.1) is 12.7 Å². The van der Waals surface area contributed by atoms with Crippen molar-refractivity contribution >= 4 is 23.1 Å². The van der Waals surface area contributed by atoms with Gasteiger partial charge in [0.25, 0.3) is 0 Å². The molecule has 1 aromatic carbocycles. The Balaban J connectivity index is 2.56. The number of benzene rings is 1. The third-order valence-corrected chi connectivity index (χ3v) is 4.03. The lowest BCUT2D eigenvalue weighted by Gasteiger charge is -2.01. The first-order valence-corrected chi connectivity index (χ1v) is 7.21. The van der Waals surface area contributed by atoms with Crippen molar-refractivity contribution in [3.05, 3.63) is 40.2 Å². The summed E-state index contributed by atoms with van der Waals surface area (Å²) < 4.78 is 19.0. The van der Waals surface area contributed by atoms with E-state index in [4.69, 9.17) is 4.74 Å². The van der Waals surface area contributed by atoms with Gasteiger partial charge in [0.05, 0.1) is 6.61 Å². The van der Waals surface area contributed by atoms with Crippen LogP contribution in [-0.4, -0.2) is 23.3 Å². The summed E-state index contributed by atoms with van der Waals surface area (Å²) >= 11 is 0.996. The average Bonchev–Trinajstić information content (AvgIpc) is 2.87. The molecule has 0 spiro atoms. The minimum absolute atomic E-state index is 0.0507. The van der Waals surface area contributed by atoms with Crippen LogP contribution in [0.2, 0.25) is 0 Å². The molecular weight excluding hydrogens is 293 g/mol. The predicted molar refractivity (Wildman–Crippen MR) is 78.2 cm³/mol. The van der Waals surface area contributed by atoms with Crippen LogP contribution in [0.5, 0.6) is 0 Å². The Morgan fingerprint density at radius 3 is 2.71 bits per heavy atom. The van der Waals surface area contributed by atoms with E-state index in [0.717, 1.165) is 11.3 Å². The molecule has 2 rings (SSSR count). The molecule has 21 heavy (non-hydrogen) atoms. The number of hydrogen-bond donors (Lipinski definition) is 0. The molecule has 0 radical (unpaired) electrons. The second-order valence-corrected chi connectivity index (χ2v) is 5.41. The highest BCUT2D eigenvalue weighted by atomic mass is 32.1. The van der Waals surface area contributed by atoms with Crippen LogP contribution in [-0.2, 0) is 4.74 Å². The maximum absolute atomic E-state index is 14.1. The van der Waals surface area contributed by atoms with Gasteiger partial charge >= 0.3 is 5.97 Å². The van der Waals surface area contributed by atoms with E-state index in [0.29, 0.717) is 10.6 Å². The smallest absolute Gasteiger partial charge is 0.358 e. The number of nitrogens with zero attached hydrogens (tertiary/aromatic N) is 1. The summed E-state index contributed by atoms with van der Waals surface area (Å²) in [6, 6.07) is 4.91. The van der Waals surface area contributed by atoms with Crippen molar-refractivity contribution in [2.45, 2.75) is 20.8 Å². The number of carbonyl (C=O) groups is 2. The van der Waals surface area contributed by atoms with Crippen molar-refractivity contribution in [3.63, 3.8) is 0 Å². The molecule has 0 fully saturated rings. The standard InChI is InChI=1S/C15H14FNO3S/c1-4-20-15(19)12-13(9(3)18)21-14(17-12)10-7-5-6-8(2)11(10)16/h5-7H,4H2,1-3H3. The molecular formula is C15H14FNO3S. The summed E-state index contributed by atoms with van der Waals surface area (Å²) in [5, 5.41) is 0.296. The van der Waals surface area contributed by atoms with Gasteiger partial charge in [-0.1, -0.05) is 12.1 Å². The topological polar surface area (TPSA) is 56.3 Å². The summed E-state index contributed by atoms with van der Waals surface area (Å²) in [6.07, 6.45) is 0. The third kappa shape index (κ3) is 3.00. The lowest BCUT2D eigenvalue weighted by molar-refractivity contribution is 0.0517. The van der Waals surface area contributed by atoms with Crippen LogP contribution < -0.4 is 0 Å². The number of Topliss-reactive ketones (excluding diaryl/α,β-unsaturated/α-hetero) is 1. The zero-order chi connectivity index (χ0) is 15.6. The highest BCUT2D eigenvalue weighted by Crippen LogP contribution is 2.31. The Labute approximate surface area is 125 Å². The number of aromatic nitrogens is 1. The van der Waals surface area contributed by atoms with E-state index in [1.165, 1.54) is 6.92 Å². The average molecular weight is 307 g/mol. The molecule has 0 saturated heterocycles. The van der Waals surface area contributed by atoms with Gasteiger partial charge in [0.1, 0.15) is 15.7 Å². The number of rotatable bonds is 4. The highest BCUT2D eigenvalue weighted by molar-refractivity contribution is 7.17. The minimum atomic E-state index is -0.668. The van der Waals surface area contributed by atoms with Gasteiger partial charge in [-0.2, -0.15) is 0 Å².